The van der Waals surface area contributed by atoms with Crippen LogP contribution in [0.3, 0.4) is 0 Å². The van der Waals surface area contributed by atoms with Crippen LogP contribution >= 0.6 is 0 Å². The summed E-state index contributed by atoms with van der Waals surface area (Å²) in [5.74, 6) is -0.491. The van der Waals surface area contributed by atoms with Gasteiger partial charge in [-0.25, -0.2) is 0 Å². The molecule has 0 aliphatic heterocycles. The zero-order valence-electron chi connectivity index (χ0n) is 7.60. The Hall–Kier alpha value is -2.11. The number of benzene rings is 1. The number of hydroxylamine groups is 1. The largest absolute Gasteiger partial charge is 0.696 e. The first-order chi connectivity index (χ1) is 6.59. The molecular formula is C8H10N4O2. The van der Waals surface area contributed by atoms with E-state index in [0.29, 0.717) is 16.1 Å². The van der Waals surface area contributed by atoms with E-state index >= 15 is 0 Å². The van der Waals surface area contributed by atoms with Crippen molar-refractivity contribution < 1.29 is 9.66 Å². The number of anilines is 1. The van der Waals surface area contributed by atoms with Crippen molar-refractivity contribution in [3.05, 3.63) is 35.0 Å². The summed E-state index contributed by atoms with van der Waals surface area (Å²) in [5, 5.41) is 13.8. The number of nitrogens with one attached hydrogen (secondary N) is 1. The molecule has 0 aliphatic rings. The number of primary amides is 1. The van der Waals surface area contributed by atoms with Gasteiger partial charge in [-0.15, -0.1) is 5.43 Å². The minimum absolute atomic E-state index is 0.391. The van der Waals surface area contributed by atoms with Crippen LogP contribution in [0.5, 0.6) is 0 Å². The molecule has 0 radical (unpaired) electrons. The zero-order valence-corrected chi connectivity index (χ0v) is 7.60. The summed E-state index contributed by atoms with van der Waals surface area (Å²) in [7, 11) is 1.25. The van der Waals surface area contributed by atoms with Crippen molar-refractivity contribution in [2.24, 2.45) is 11.0 Å². The highest BCUT2D eigenvalue weighted by atomic mass is 16.5. The Balaban J connectivity index is 2.74. The number of nitrogens with two attached hydrogens (primary N) is 1. The van der Waals surface area contributed by atoms with Gasteiger partial charge in [0.05, 0.1) is 5.22 Å². The summed E-state index contributed by atoms with van der Waals surface area (Å²) in [5.41, 5.74) is 8.56. The van der Waals surface area contributed by atoms with Crippen molar-refractivity contribution in [2.75, 3.05) is 12.5 Å². The van der Waals surface area contributed by atoms with E-state index in [9.17, 15) is 10.0 Å². The topological polar surface area (TPSA) is 93.6 Å². The molecule has 0 aliphatic carbocycles. The SMILES string of the molecule is C[N+]([O-])=NNc1ccc(C(N)=O)cc1. The summed E-state index contributed by atoms with van der Waals surface area (Å²) in [4.78, 5) is 11.1. The van der Waals surface area contributed by atoms with E-state index in [1.54, 1.807) is 24.3 Å². The highest BCUT2D eigenvalue weighted by Gasteiger charge is 2.00. The smallest absolute Gasteiger partial charge is 0.248 e. The van der Waals surface area contributed by atoms with E-state index in [1.165, 1.54) is 7.05 Å². The maximum absolute atomic E-state index is 10.7. The summed E-state index contributed by atoms with van der Waals surface area (Å²) >= 11 is 0. The molecule has 0 saturated heterocycles. The first-order valence-electron chi connectivity index (χ1n) is 3.87. The van der Waals surface area contributed by atoms with Crippen LogP contribution in [0, 0.1) is 5.21 Å². The number of rotatable bonds is 3. The minimum Gasteiger partial charge on any atom is -0.696 e. The van der Waals surface area contributed by atoms with Gasteiger partial charge in [-0.05, 0) is 24.3 Å². The van der Waals surface area contributed by atoms with Crippen molar-refractivity contribution in [1.29, 1.82) is 0 Å². The van der Waals surface area contributed by atoms with Gasteiger partial charge in [-0.2, -0.15) is 4.86 Å². The zero-order chi connectivity index (χ0) is 10.6. The van der Waals surface area contributed by atoms with Crippen LogP contribution in [0.4, 0.5) is 5.69 Å². The normalized spacial score (nSPS) is 11.1. The molecule has 3 N–H and O–H groups in total. The molecule has 14 heavy (non-hydrogen) atoms. The molecule has 0 bridgehead atoms. The van der Waals surface area contributed by atoms with E-state index < -0.39 is 5.91 Å². The Morgan fingerprint density at radius 3 is 2.50 bits per heavy atom. The van der Waals surface area contributed by atoms with Crippen molar-refractivity contribution >= 4 is 11.6 Å². The maximum Gasteiger partial charge on any atom is 0.248 e. The Morgan fingerprint density at radius 1 is 1.50 bits per heavy atom. The van der Waals surface area contributed by atoms with Gasteiger partial charge in [-0.3, -0.25) is 4.79 Å². The van der Waals surface area contributed by atoms with E-state index in [1.807, 2.05) is 0 Å². The summed E-state index contributed by atoms with van der Waals surface area (Å²) in [6, 6.07) is 6.30. The van der Waals surface area contributed by atoms with Gasteiger partial charge in [0.25, 0.3) is 0 Å². The molecule has 0 saturated carbocycles. The molecule has 0 unspecified atom stereocenters. The van der Waals surface area contributed by atoms with E-state index in [4.69, 9.17) is 5.73 Å². The van der Waals surface area contributed by atoms with Crippen LogP contribution in [-0.4, -0.2) is 17.8 Å². The summed E-state index contributed by atoms with van der Waals surface area (Å²) < 4.78 is 0. The Labute approximate surface area is 80.6 Å². The van der Waals surface area contributed by atoms with Gasteiger partial charge in [0.1, 0.15) is 12.7 Å². The van der Waals surface area contributed by atoms with Gasteiger partial charge >= 0.3 is 0 Å². The molecular weight excluding hydrogens is 184 g/mol. The number of amides is 1. The van der Waals surface area contributed by atoms with Crippen LogP contribution < -0.4 is 11.2 Å². The molecule has 6 nitrogen and oxygen atoms in total. The number of carbonyl (C=O) groups is 1. The van der Waals surface area contributed by atoms with Crippen LogP contribution in [0.25, 0.3) is 0 Å². The predicted octanol–water partition coefficient (Wildman–Crippen LogP) is 0.705. The van der Waals surface area contributed by atoms with Crippen molar-refractivity contribution in [3.63, 3.8) is 0 Å². The highest BCUT2D eigenvalue weighted by Crippen LogP contribution is 2.08. The van der Waals surface area contributed by atoms with Crippen molar-refractivity contribution in [2.45, 2.75) is 0 Å². The third-order valence-electron chi connectivity index (χ3n) is 1.49. The number of hydrogen-bond donors (Lipinski definition) is 2. The molecule has 1 amide bonds. The lowest BCUT2D eigenvalue weighted by Gasteiger charge is -1.98. The molecule has 0 atom stereocenters. The lowest BCUT2D eigenvalue weighted by atomic mass is 10.2. The molecule has 0 heterocycles. The molecule has 0 aromatic heterocycles. The van der Waals surface area contributed by atoms with Crippen LogP contribution in [-0.2, 0) is 0 Å². The molecule has 74 valence electrons. The average molecular weight is 194 g/mol. The quantitative estimate of drug-likeness (QED) is 0.421. The predicted molar refractivity (Wildman–Crippen MR) is 50.6 cm³/mol. The van der Waals surface area contributed by atoms with Crippen LogP contribution in [0.1, 0.15) is 10.4 Å². The lowest BCUT2D eigenvalue weighted by molar-refractivity contribution is -0.497. The average Bonchev–Trinajstić information content (AvgIpc) is 2.15. The van der Waals surface area contributed by atoms with Gasteiger partial charge in [0, 0.05) is 5.56 Å². The molecule has 6 heteroatoms. The van der Waals surface area contributed by atoms with Crippen LogP contribution in [0.15, 0.2) is 29.5 Å². The Bertz CT molecular complexity index is 354. The van der Waals surface area contributed by atoms with Gasteiger partial charge in [0.15, 0.2) is 0 Å². The molecule has 1 rings (SSSR count). The number of hydrogen-bond acceptors (Lipinski definition) is 3. The summed E-state index contributed by atoms with van der Waals surface area (Å²) in [6.45, 7) is 0. The Kier molecular flexibility index (Phi) is 3.01. The second-order valence-electron chi connectivity index (χ2n) is 2.62. The van der Waals surface area contributed by atoms with Gasteiger partial charge in [0.2, 0.25) is 5.91 Å². The molecule has 1 aromatic rings. The van der Waals surface area contributed by atoms with E-state index in [0.717, 1.165) is 0 Å². The van der Waals surface area contributed by atoms with Crippen LogP contribution in [0.2, 0.25) is 0 Å². The fourth-order valence-corrected chi connectivity index (χ4v) is 0.837. The second-order valence-corrected chi connectivity index (χ2v) is 2.62. The highest BCUT2D eigenvalue weighted by molar-refractivity contribution is 5.93. The lowest BCUT2D eigenvalue weighted by Crippen LogP contribution is -2.10. The molecule has 0 fully saturated rings. The Morgan fingerprint density at radius 2 is 2.07 bits per heavy atom. The minimum atomic E-state index is -0.491. The van der Waals surface area contributed by atoms with E-state index in [2.05, 4.69) is 10.6 Å². The van der Waals surface area contributed by atoms with Crippen molar-refractivity contribution in [3.8, 4) is 0 Å². The first-order valence-corrected chi connectivity index (χ1v) is 3.87. The third-order valence-corrected chi connectivity index (χ3v) is 1.49. The number of nitrogens with zero attached hydrogens (tertiary/aromatic N) is 2. The third kappa shape index (κ3) is 2.74. The summed E-state index contributed by atoms with van der Waals surface area (Å²) in [6.07, 6.45) is 0. The van der Waals surface area contributed by atoms with E-state index in [-0.39, 0.29) is 0 Å². The standard InChI is InChI=1S/C8H10N4O2/c1-12(14)11-10-7-4-2-6(3-5-7)8(9)13/h2-5,10H,1H3,(H2,9,13). The second kappa shape index (κ2) is 4.22. The number of carbonyl (C=O) groups excluding carboxylic acids is 1. The van der Waals surface area contributed by atoms with Gasteiger partial charge in [-0.1, -0.05) is 0 Å². The fraction of sp³-hybridized carbons (Fsp3) is 0.125. The maximum atomic E-state index is 10.7. The molecule has 0 spiro atoms. The van der Waals surface area contributed by atoms with Crippen molar-refractivity contribution in [1.82, 2.24) is 0 Å². The first kappa shape index (κ1) is 9.97. The fourth-order valence-electron chi connectivity index (χ4n) is 0.837. The van der Waals surface area contributed by atoms with Gasteiger partial charge < -0.3 is 10.9 Å². The molecule has 1 aromatic carbocycles. The monoisotopic (exact) mass is 194 g/mol.